The van der Waals surface area contributed by atoms with Crippen LogP contribution in [0.15, 0.2) is 24.3 Å². The first-order chi connectivity index (χ1) is 9.57. The van der Waals surface area contributed by atoms with Crippen LogP contribution in [0.1, 0.15) is 37.8 Å². The summed E-state index contributed by atoms with van der Waals surface area (Å²) < 4.78 is 0. The highest BCUT2D eigenvalue weighted by Gasteiger charge is 2.35. The third-order valence-corrected chi connectivity index (χ3v) is 3.89. The summed E-state index contributed by atoms with van der Waals surface area (Å²) in [6.07, 6.45) is 2.92. The van der Waals surface area contributed by atoms with Gasteiger partial charge in [0.2, 0.25) is 5.91 Å². The van der Waals surface area contributed by atoms with Gasteiger partial charge in [0.25, 0.3) is 0 Å². The summed E-state index contributed by atoms with van der Waals surface area (Å²) in [5.41, 5.74) is 1.92. The zero-order valence-electron chi connectivity index (χ0n) is 12.3. The highest BCUT2D eigenvalue weighted by Crippen LogP contribution is 2.34. The van der Waals surface area contributed by atoms with Crippen molar-refractivity contribution in [1.82, 2.24) is 10.6 Å². The van der Waals surface area contributed by atoms with Gasteiger partial charge in [-0.25, -0.2) is 0 Å². The van der Waals surface area contributed by atoms with Crippen LogP contribution < -0.4 is 10.6 Å². The molecule has 1 atom stereocenters. The fourth-order valence-corrected chi connectivity index (χ4v) is 2.95. The van der Waals surface area contributed by atoms with Crippen LogP contribution in [0.25, 0.3) is 0 Å². The van der Waals surface area contributed by atoms with Crippen molar-refractivity contribution in [3.8, 4) is 0 Å². The Morgan fingerprint density at radius 3 is 2.85 bits per heavy atom. The van der Waals surface area contributed by atoms with Crippen LogP contribution in [0.3, 0.4) is 0 Å². The number of aliphatic hydroxyl groups is 1. The van der Waals surface area contributed by atoms with E-state index in [-0.39, 0.29) is 25.1 Å². The van der Waals surface area contributed by atoms with E-state index >= 15 is 0 Å². The number of benzene rings is 1. The van der Waals surface area contributed by atoms with E-state index in [0.29, 0.717) is 0 Å². The quantitative estimate of drug-likeness (QED) is 0.760. The Hall–Kier alpha value is -1.39. The second kappa shape index (κ2) is 6.37. The summed E-state index contributed by atoms with van der Waals surface area (Å²) in [6.45, 7) is 4.12. The summed E-state index contributed by atoms with van der Waals surface area (Å²) in [5, 5.41) is 16.0. The number of fused-ring (bicyclic) bond motifs is 1. The van der Waals surface area contributed by atoms with E-state index in [2.05, 4.69) is 22.8 Å². The lowest BCUT2D eigenvalue weighted by atomic mass is 9.77. The summed E-state index contributed by atoms with van der Waals surface area (Å²) in [7, 11) is 0. The molecule has 1 aromatic rings. The standard InChI is InChI=1S/C16H24N2O2/c1-12(2)18-15(20)10-17-16(11-19)9-5-7-13-6-3-4-8-14(13)16/h3-4,6,8,12,17,19H,5,7,9-11H2,1-2H3,(H,18,20)/t16-/m0/s1. The van der Waals surface area contributed by atoms with Crippen molar-refractivity contribution in [3.63, 3.8) is 0 Å². The first-order valence-corrected chi connectivity index (χ1v) is 7.31. The first kappa shape index (κ1) is 15.0. The van der Waals surface area contributed by atoms with Crippen molar-refractivity contribution in [2.24, 2.45) is 0 Å². The Labute approximate surface area is 120 Å². The largest absolute Gasteiger partial charge is 0.394 e. The zero-order valence-corrected chi connectivity index (χ0v) is 12.3. The SMILES string of the molecule is CC(C)NC(=O)CN[C@]1(CO)CCCc2ccccc21. The lowest BCUT2D eigenvalue weighted by Crippen LogP contribution is -2.51. The number of nitrogens with one attached hydrogen (secondary N) is 2. The molecule has 0 bridgehead atoms. The molecule has 0 saturated heterocycles. The van der Waals surface area contributed by atoms with Gasteiger partial charge in [-0.2, -0.15) is 0 Å². The smallest absolute Gasteiger partial charge is 0.234 e. The van der Waals surface area contributed by atoms with Gasteiger partial charge >= 0.3 is 0 Å². The molecule has 0 fully saturated rings. The fourth-order valence-electron chi connectivity index (χ4n) is 2.95. The normalized spacial score (nSPS) is 21.6. The molecule has 0 heterocycles. The Kier molecular flexibility index (Phi) is 4.78. The number of aryl methyl sites for hydroxylation is 1. The Balaban J connectivity index is 2.13. The molecule has 1 aromatic carbocycles. The lowest BCUT2D eigenvalue weighted by molar-refractivity contribution is -0.121. The molecule has 110 valence electrons. The van der Waals surface area contributed by atoms with Crippen molar-refractivity contribution < 1.29 is 9.90 Å². The van der Waals surface area contributed by atoms with E-state index in [4.69, 9.17) is 0 Å². The minimum Gasteiger partial charge on any atom is -0.394 e. The number of aliphatic hydroxyl groups excluding tert-OH is 1. The fraction of sp³-hybridized carbons (Fsp3) is 0.562. The summed E-state index contributed by atoms with van der Waals surface area (Å²) in [6, 6.07) is 8.31. The van der Waals surface area contributed by atoms with Gasteiger partial charge in [0.05, 0.1) is 18.7 Å². The van der Waals surface area contributed by atoms with E-state index in [1.54, 1.807) is 0 Å². The molecule has 1 amide bonds. The predicted octanol–water partition coefficient (Wildman–Crippen LogP) is 1.32. The minimum atomic E-state index is -0.483. The number of hydrogen-bond acceptors (Lipinski definition) is 3. The van der Waals surface area contributed by atoms with Gasteiger partial charge in [-0.1, -0.05) is 24.3 Å². The highest BCUT2D eigenvalue weighted by atomic mass is 16.3. The molecule has 0 spiro atoms. The van der Waals surface area contributed by atoms with Crippen molar-refractivity contribution >= 4 is 5.91 Å². The Morgan fingerprint density at radius 2 is 2.15 bits per heavy atom. The van der Waals surface area contributed by atoms with Crippen LogP contribution in [0.4, 0.5) is 0 Å². The van der Waals surface area contributed by atoms with Gasteiger partial charge in [0.1, 0.15) is 0 Å². The lowest BCUT2D eigenvalue weighted by Gasteiger charge is -2.38. The summed E-state index contributed by atoms with van der Waals surface area (Å²) in [5.74, 6) is -0.0316. The molecular weight excluding hydrogens is 252 g/mol. The molecule has 1 aliphatic carbocycles. The van der Waals surface area contributed by atoms with E-state index in [1.807, 2.05) is 26.0 Å². The number of carbonyl (C=O) groups is 1. The van der Waals surface area contributed by atoms with Crippen molar-refractivity contribution in [1.29, 1.82) is 0 Å². The minimum absolute atomic E-state index is 0.0129. The maximum atomic E-state index is 11.8. The van der Waals surface area contributed by atoms with Crippen LogP contribution >= 0.6 is 0 Å². The zero-order chi connectivity index (χ0) is 14.6. The number of amides is 1. The van der Waals surface area contributed by atoms with Gasteiger partial charge in [-0.05, 0) is 44.2 Å². The predicted molar refractivity (Wildman–Crippen MR) is 79.4 cm³/mol. The average Bonchev–Trinajstić information content (AvgIpc) is 2.44. The topological polar surface area (TPSA) is 61.4 Å². The molecule has 1 aliphatic rings. The second-order valence-electron chi connectivity index (χ2n) is 5.83. The third kappa shape index (κ3) is 3.19. The van der Waals surface area contributed by atoms with Crippen molar-refractivity contribution in [3.05, 3.63) is 35.4 Å². The highest BCUT2D eigenvalue weighted by molar-refractivity contribution is 5.78. The summed E-state index contributed by atoms with van der Waals surface area (Å²) in [4.78, 5) is 11.8. The molecule has 4 nitrogen and oxygen atoms in total. The molecule has 0 aromatic heterocycles. The molecule has 4 heteroatoms. The second-order valence-corrected chi connectivity index (χ2v) is 5.83. The van der Waals surface area contributed by atoms with Gasteiger partial charge < -0.3 is 10.4 Å². The van der Waals surface area contributed by atoms with Gasteiger partial charge in [-0.3, -0.25) is 10.1 Å². The van der Waals surface area contributed by atoms with E-state index in [1.165, 1.54) is 5.56 Å². The van der Waals surface area contributed by atoms with Crippen LogP contribution in [0, 0.1) is 0 Å². The third-order valence-electron chi connectivity index (χ3n) is 3.89. The maximum absolute atomic E-state index is 11.8. The number of hydrogen-bond donors (Lipinski definition) is 3. The monoisotopic (exact) mass is 276 g/mol. The van der Waals surface area contributed by atoms with Gasteiger partial charge in [0, 0.05) is 6.04 Å². The molecule has 0 aliphatic heterocycles. The molecule has 0 unspecified atom stereocenters. The van der Waals surface area contributed by atoms with Crippen LogP contribution in [0.5, 0.6) is 0 Å². The van der Waals surface area contributed by atoms with E-state index in [0.717, 1.165) is 24.8 Å². The van der Waals surface area contributed by atoms with E-state index < -0.39 is 5.54 Å². The number of rotatable bonds is 5. The molecule has 3 N–H and O–H groups in total. The van der Waals surface area contributed by atoms with Crippen molar-refractivity contribution in [2.75, 3.05) is 13.2 Å². The van der Waals surface area contributed by atoms with Crippen LogP contribution in [-0.2, 0) is 16.8 Å². The maximum Gasteiger partial charge on any atom is 0.234 e. The van der Waals surface area contributed by atoms with E-state index in [9.17, 15) is 9.90 Å². The molecule has 0 radical (unpaired) electrons. The van der Waals surface area contributed by atoms with Gasteiger partial charge in [0.15, 0.2) is 0 Å². The molecular formula is C16H24N2O2. The van der Waals surface area contributed by atoms with Gasteiger partial charge in [-0.15, -0.1) is 0 Å². The average molecular weight is 276 g/mol. The molecule has 0 saturated carbocycles. The number of carbonyl (C=O) groups excluding carboxylic acids is 1. The molecule has 20 heavy (non-hydrogen) atoms. The van der Waals surface area contributed by atoms with Crippen molar-refractivity contribution in [2.45, 2.75) is 44.7 Å². The van der Waals surface area contributed by atoms with Crippen LogP contribution in [-0.4, -0.2) is 30.2 Å². The molecule has 2 rings (SSSR count). The Morgan fingerprint density at radius 1 is 1.40 bits per heavy atom. The first-order valence-electron chi connectivity index (χ1n) is 7.31. The Bertz CT molecular complexity index is 473. The van der Waals surface area contributed by atoms with Crippen LogP contribution in [0.2, 0.25) is 0 Å². The summed E-state index contributed by atoms with van der Waals surface area (Å²) >= 11 is 0.